The summed E-state index contributed by atoms with van der Waals surface area (Å²) in [5.41, 5.74) is 3.37. The second-order valence-corrected chi connectivity index (χ2v) is 15.1. The highest BCUT2D eigenvalue weighted by molar-refractivity contribution is 7.52. The van der Waals surface area contributed by atoms with Crippen molar-refractivity contribution in [3.63, 3.8) is 0 Å². The van der Waals surface area contributed by atoms with Crippen LogP contribution in [0.5, 0.6) is 5.75 Å². The second kappa shape index (κ2) is 12.6. The van der Waals surface area contributed by atoms with Gasteiger partial charge in [-0.15, -0.1) is 0 Å². The number of anilines is 1. The van der Waals surface area contributed by atoms with Crippen molar-refractivity contribution >= 4 is 25.1 Å². The van der Waals surface area contributed by atoms with Crippen LogP contribution in [0.25, 0.3) is 5.52 Å². The second-order valence-electron chi connectivity index (χ2n) is 13.4. The molecule has 5 N–H and O–H groups in total. The largest absolute Gasteiger partial charge is 0.461 e. The van der Waals surface area contributed by atoms with Gasteiger partial charge in [-0.05, 0) is 75.1 Å². The van der Waals surface area contributed by atoms with E-state index < -0.39 is 43.7 Å². The average molecular weight is 646 g/mol. The van der Waals surface area contributed by atoms with Gasteiger partial charge in [-0.25, -0.2) is 14.1 Å². The summed E-state index contributed by atoms with van der Waals surface area (Å²) >= 11 is 0. The Labute approximate surface area is 263 Å². The number of fused-ring (bicyclic) bond motifs is 1. The maximum absolute atomic E-state index is 14.2. The summed E-state index contributed by atoms with van der Waals surface area (Å²) in [6, 6.07) is 10.5. The molecule has 45 heavy (non-hydrogen) atoms. The molecule has 1 saturated heterocycles. The third-order valence-corrected chi connectivity index (χ3v) is 10.6. The van der Waals surface area contributed by atoms with Crippen LogP contribution in [0.15, 0.2) is 48.8 Å². The minimum Gasteiger partial charge on any atom is -0.461 e. The number of benzene rings is 1. The molecule has 1 aliphatic carbocycles. The standard InChI is InChI=1S/C31H44N5O8P/c1-20(27(37)43-22-13-11-21(12-14-22)29(2,3)4)35-45(40,44-23-9-7-6-8-10-23)42-17-30(5)28(38)31(39,18-41-30)25-16-15-24-26(32)33-19-34-36(24)25/h6-10,15-16,19-22,28,38-39H,11-14,17-18H2,1-5H3,(H,35,40)(H2,32,33,34)/t20-,21?,22?,28+,30+,31+,45-/m0/s1. The Kier molecular flexibility index (Phi) is 9.34. The van der Waals surface area contributed by atoms with Gasteiger partial charge >= 0.3 is 13.7 Å². The Morgan fingerprint density at radius 3 is 2.56 bits per heavy atom. The Balaban J connectivity index is 1.28. The molecule has 14 heteroatoms. The van der Waals surface area contributed by atoms with Crippen molar-refractivity contribution in [3.8, 4) is 5.75 Å². The number of aliphatic hydroxyl groups excluding tert-OH is 1. The van der Waals surface area contributed by atoms with Crippen LogP contribution in [0.3, 0.4) is 0 Å². The Hall–Kier alpha value is -3.06. The van der Waals surface area contributed by atoms with Crippen molar-refractivity contribution in [2.45, 2.75) is 89.8 Å². The molecular weight excluding hydrogens is 601 g/mol. The lowest BCUT2D eigenvalue weighted by Crippen LogP contribution is -2.50. The highest BCUT2D eigenvalue weighted by Crippen LogP contribution is 2.48. The number of nitrogens with one attached hydrogen (secondary N) is 1. The van der Waals surface area contributed by atoms with Crippen molar-refractivity contribution in [1.29, 1.82) is 0 Å². The molecule has 3 aromatic rings. The van der Waals surface area contributed by atoms with E-state index in [1.165, 1.54) is 24.7 Å². The smallest absolute Gasteiger partial charge is 0.459 e. The van der Waals surface area contributed by atoms with E-state index in [2.05, 4.69) is 35.9 Å². The predicted molar refractivity (Wildman–Crippen MR) is 166 cm³/mol. The molecule has 5 rings (SSSR count). The first-order valence-electron chi connectivity index (χ1n) is 15.2. The van der Waals surface area contributed by atoms with Crippen LogP contribution >= 0.6 is 7.75 Å². The van der Waals surface area contributed by atoms with Crippen molar-refractivity contribution < 1.29 is 38.1 Å². The summed E-state index contributed by atoms with van der Waals surface area (Å²) in [6.45, 7) is 8.95. The fourth-order valence-corrected chi connectivity index (χ4v) is 7.66. The molecule has 0 bridgehead atoms. The summed E-state index contributed by atoms with van der Waals surface area (Å²) in [6.07, 6.45) is 2.94. The van der Waals surface area contributed by atoms with E-state index in [4.69, 9.17) is 24.3 Å². The molecule has 0 unspecified atom stereocenters. The lowest BCUT2D eigenvalue weighted by Gasteiger charge is -2.37. The number of carbonyl (C=O) groups is 1. The van der Waals surface area contributed by atoms with Crippen LogP contribution in [0.1, 0.15) is 66.0 Å². The number of ether oxygens (including phenoxy) is 2. The van der Waals surface area contributed by atoms with E-state index in [-0.39, 0.29) is 35.4 Å². The van der Waals surface area contributed by atoms with Crippen LogP contribution in [0, 0.1) is 11.3 Å². The van der Waals surface area contributed by atoms with Crippen molar-refractivity contribution in [1.82, 2.24) is 19.7 Å². The predicted octanol–water partition coefficient (Wildman–Crippen LogP) is 3.98. The number of aromatic nitrogens is 3. The van der Waals surface area contributed by atoms with E-state index in [0.29, 0.717) is 11.4 Å². The zero-order valence-corrected chi connectivity index (χ0v) is 27.3. The van der Waals surface area contributed by atoms with Gasteiger partial charge in [-0.3, -0.25) is 9.32 Å². The van der Waals surface area contributed by atoms with E-state index >= 15 is 0 Å². The summed E-state index contributed by atoms with van der Waals surface area (Å²) < 4.78 is 38.8. The van der Waals surface area contributed by atoms with Crippen LogP contribution in [0.2, 0.25) is 0 Å². The minimum absolute atomic E-state index is 0.198. The maximum Gasteiger partial charge on any atom is 0.459 e. The number of aliphatic hydroxyl groups is 2. The van der Waals surface area contributed by atoms with E-state index in [9.17, 15) is 19.6 Å². The Bertz CT molecular complexity index is 1540. The molecular formula is C31H44N5O8P. The number of para-hydroxylation sites is 1. The molecule has 2 aliphatic rings. The molecule has 246 valence electrons. The molecule has 0 radical (unpaired) electrons. The lowest BCUT2D eigenvalue weighted by atomic mass is 9.72. The molecule has 0 spiro atoms. The van der Waals surface area contributed by atoms with Crippen molar-refractivity contribution in [2.75, 3.05) is 18.9 Å². The number of hydrogen-bond acceptors (Lipinski definition) is 11. The summed E-state index contributed by atoms with van der Waals surface area (Å²) in [4.78, 5) is 17.1. The van der Waals surface area contributed by atoms with Gasteiger partial charge in [0.15, 0.2) is 11.4 Å². The molecule has 2 fully saturated rings. The zero-order valence-electron chi connectivity index (χ0n) is 26.4. The van der Waals surface area contributed by atoms with Gasteiger partial charge in [-0.1, -0.05) is 39.0 Å². The molecule has 2 aromatic heterocycles. The first-order chi connectivity index (χ1) is 21.1. The highest BCUT2D eigenvalue weighted by Gasteiger charge is 2.58. The fraction of sp³-hybridized carbons (Fsp3) is 0.581. The van der Waals surface area contributed by atoms with E-state index in [1.807, 2.05) is 0 Å². The fourth-order valence-electron chi connectivity index (χ4n) is 6.08. The van der Waals surface area contributed by atoms with Crippen LogP contribution < -0.4 is 15.3 Å². The van der Waals surface area contributed by atoms with Gasteiger partial charge in [0, 0.05) is 0 Å². The molecule has 1 aliphatic heterocycles. The maximum atomic E-state index is 14.2. The quantitative estimate of drug-likeness (QED) is 0.184. The number of esters is 1. The van der Waals surface area contributed by atoms with E-state index in [1.54, 1.807) is 42.5 Å². The van der Waals surface area contributed by atoms with Gasteiger partial charge in [0.25, 0.3) is 0 Å². The van der Waals surface area contributed by atoms with Crippen molar-refractivity contribution in [3.05, 3.63) is 54.5 Å². The summed E-state index contributed by atoms with van der Waals surface area (Å²) in [5.74, 6) is 0.426. The normalized spacial score (nSPS) is 29.3. The third kappa shape index (κ3) is 7.03. The van der Waals surface area contributed by atoms with Gasteiger partial charge in [0.2, 0.25) is 0 Å². The molecule has 1 aromatic carbocycles. The van der Waals surface area contributed by atoms with E-state index in [0.717, 1.165) is 25.7 Å². The number of nitrogens with zero attached hydrogens (tertiary/aromatic N) is 3. The number of nitrogens with two attached hydrogens (primary N) is 1. The highest BCUT2D eigenvalue weighted by atomic mass is 31.2. The van der Waals surface area contributed by atoms with Crippen molar-refractivity contribution in [2.24, 2.45) is 11.3 Å². The molecule has 3 heterocycles. The number of nitrogen functional groups attached to an aromatic ring is 1. The van der Waals surface area contributed by atoms with Gasteiger partial charge < -0.3 is 29.9 Å². The number of rotatable bonds is 10. The third-order valence-electron chi connectivity index (χ3n) is 8.96. The first kappa shape index (κ1) is 33.3. The zero-order chi connectivity index (χ0) is 32.6. The topological polar surface area (TPSA) is 180 Å². The first-order valence-corrected chi connectivity index (χ1v) is 16.8. The summed E-state index contributed by atoms with van der Waals surface area (Å²) in [5, 5.41) is 29.9. The Morgan fingerprint density at radius 2 is 1.89 bits per heavy atom. The average Bonchev–Trinajstić information content (AvgIpc) is 3.54. The molecule has 13 nitrogen and oxygen atoms in total. The molecule has 1 saturated carbocycles. The lowest BCUT2D eigenvalue weighted by molar-refractivity contribution is -0.153. The van der Waals surface area contributed by atoms with Gasteiger partial charge in [0.1, 0.15) is 41.4 Å². The number of hydrogen-bond donors (Lipinski definition) is 4. The van der Waals surface area contributed by atoms with Crippen LogP contribution in [-0.2, 0) is 29.0 Å². The minimum atomic E-state index is -4.27. The van der Waals surface area contributed by atoms with Crippen LogP contribution in [0.4, 0.5) is 5.82 Å². The molecule has 5 atom stereocenters. The van der Waals surface area contributed by atoms with Crippen LogP contribution in [-0.4, -0.2) is 67.8 Å². The SMILES string of the molecule is C[C@H](N[P@](=O)(OC[C@@]1(C)OC[C@@](O)(c2ccc3c(N)ncnn23)[C@@H]1O)Oc1ccccc1)C(=O)OC1CCC(C(C)(C)C)CC1. The molecule has 0 amide bonds. The number of carbonyl (C=O) groups excluding carboxylic acids is 1. The monoisotopic (exact) mass is 645 g/mol. The van der Waals surface area contributed by atoms with Gasteiger partial charge in [0.05, 0.1) is 18.9 Å². The Morgan fingerprint density at radius 1 is 1.20 bits per heavy atom. The summed E-state index contributed by atoms with van der Waals surface area (Å²) in [7, 11) is -4.27. The van der Waals surface area contributed by atoms with Gasteiger partial charge in [-0.2, -0.15) is 10.2 Å².